The van der Waals surface area contributed by atoms with Gasteiger partial charge in [-0.1, -0.05) is 78.9 Å². The second-order valence-corrected chi connectivity index (χ2v) is 6.37. The molecule has 0 heterocycles. The van der Waals surface area contributed by atoms with Crippen molar-refractivity contribution in [3.05, 3.63) is 91.0 Å². The highest BCUT2D eigenvalue weighted by molar-refractivity contribution is 6.16. The van der Waals surface area contributed by atoms with Crippen LogP contribution in [0, 0.1) is 0 Å². The van der Waals surface area contributed by atoms with Crippen LogP contribution < -0.4 is 0 Å². The first-order valence-electron chi connectivity index (χ1n) is 8.44. The predicted molar refractivity (Wildman–Crippen MR) is 106 cm³/mol. The zero-order valence-corrected chi connectivity index (χ0v) is 13.6. The molecule has 0 aliphatic rings. The van der Waals surface area contributed by atoms with Crippen molar-refractivity contribution in [3.63, 3.8) is 0 Å². The molecule has 0 aliphatic heterocycles. The lowest BCUT2D eigenvalue weighted by molar-refractivity contribution is 0.478. The van der Waals surface area contributed by atoms with Crippen LogP contribution in [0.2, 0.25) is 0 Å². The third-order valence-electron chi connectivity index (χ3n) is 4.94. The third-order valence-corrected chi connectivity index (χ3v) is 4.94. The summed E-state index contributed by atoms with van der Waals surface area (Å²) < 4.78 is 0. The number of benzene rings is 5. The van der Waals surface area contributed by atoms with E-state index < -0.39 is 0 Å². The van der Waals surface area contributed by atoms with Crippen LogP contribution in [0.1, 0.15) is 0 Å². The van der Waals surface area contributed by atoms with Crippen LogP contribution in [0.15, 0.2) is 91.0 Å². The molecule has 1 heteroatoms. The number of hydrogen-bond acceptors (Lipinski definition) is 1. The molecule has 0 saturated heterocycles. The fraction of sp³-hybridized carbons (Fsp3) is 0. The van der Waals surface area contributed by atoms with Gasteiger partial charge >= 0.3 is 0 Å². The summed E-state index contributed by atoms with van der Waals surface area (Å²) >= 11 is 0. The van der Waals surface area contributed by atoms with Crippen molar-refractivity contribution in [2.45, 2.75) is 0 Å². The Morgan fingerprint density at radius 1 is 0.480 bits per heavy atom. The Morgan fingerprint density at radius 2 is 1.08 bits per heavy atom. The van der Waals surface area contributed by atoms with Crippen molar-refractivity contribution in [2.75, 3.05) is 0 Å². The van der Waals surface area contributed by atoms with Crippen LogP contribution in [0.4, 0.5) is 0 Å². The normalized spacial score (nSPS) is 11.4. The van der Waals surface area contributed by atoms with E-state index >= 15 is 0 Å². The molecule has 25 heavy (non-hydrogen) atoms. The minimum absolute atomic E-state index is 0.319. The summed E-state index contributed by atoms with van der Waals surface area (Å²) in [6.07, 6.45) is 0. The molecule has 0 spiro atoms. The summed E-state index contributed by atoms with van der Waals surface area (Å²) in [6, 6.07) is 31.0. The number of phenols is 1. The third kappa shape index (κ3) is 2.10. The van der Waals surface area contributed by atoms with Crippen LogP contribution in [0.5, 0.6) is 5.75 Å². The van der Waals surface area contributed by atoms with E-state index in [9.17, 15) is 5.11 Å². The van der Waals surface area contributed by atoms with Gasteiger partial charge in [0.05, 0.1) is 0 Å². The number of fused-ring (bicyclic) bond motifs is 4. The molecule has 1 nitrogen and oxygen atoms in total. The summed E-state index contributed by atoms with van der Waals surface area (Å²) in [5, 5.41) is 17.7. The van der Waals surface area contributed by atoms with E-state index in [0.29, 0.717) is 5.75 Å². The lowest BCUT2D eigenvalue weighted by Gasteiger charge is -2.14. The fourth-order valence-corrected chi connectivity index (χ4v) is 3.80. The highest BCUT2D eigenvalue weighted by atomic mass is 16.3. The van der Waals surface area contributed by atoms with Crippen LogP contribution in [-0.2, 0) is 0 Å². The zero-order valence-electron chi connectivity index (χ0n) is 13.6. The maximum atomic E-state index is 10.7. The minimum Gasteiger partial charge on any atom is -0.507 e. The van der Waals surface area contributed by atoms with Crippen molar-refractivity contribution in [2.24, 2.45) is 0 Å². The summed E-state index contributed by atoms with van der Waals surface area (Å²) in [4.78, 5) is 0. The fourth-order valence-electron chi connectivity index (χ4n) is 3.80. The summed E-state index contributed by atoms with van der Waals surface area (Å²) in [5.74, 6) is 0.319. The van der Waals surface area contributed by atoms with E-state index in [1.165, 1.54) is 16.2 Å². The summed E-state index contributed by atoms with van der Waals surface area (Å²) in [7, 11) is 0. The van der Waals surface area contributed by atoms with E-state index in [1.54, 1.807) is 6.07 Å². The average Bonchev–Trinajstić information content (AvgIpc) is 2.67. The Bertz CT molecular complexity index is 1250. The minimum atomic E-state index is 0.319. The molecule has 0 unspecified atom stereocenters. The van der Waals surface area contributed by atoms with E-state index in [-0.39, 0.29) is 0 Å². The Morgan fingerprint density at radius 3 is 1.88 bits per heavy atom. The van der Waals surface area contributed by atoms with Crippen molar-refractivity contribution in [1.29, 1.82) is 0 Å². The Labute approximate surface area is 145 Å². The first-order chi connectivity index (χ1) is 12.3. The van der Waals surface area contributed by atoms with Gasteiger partial charge < -0.3 is 5.11 Å². The van der Waals surface area contributed by atoms with E-state index in [0.717, 1.165) is 27.3 Å². The lowest BCUT2D eigenvalue weighted by atomic mass is 9.90. The topological polar surface area (TPSA) is 20.2 Å². The SMILES string of the molecule is Oc1ccc2ccccc2c1-c1cc2ccccc2c2ccccc12. The van der Waals surface area contributed by atoms with Gasteiger partial charge in [-0.15, -0.1) is 0 Å². The van der Waals surface area contributed by atoms with E-state index in [1.807, 2.05) is 18.2 Å². The maximum absolute atomic E-state index is 10.7. The van der Waals surface area contributed by atoms with Crippen molar-refractivity contribution < 1.29 is 5.11 Å². The molecule has 5 aromatic rings. The molecule has 0 amide bonds. The highest BCUT2D eigenvalue weighted by Gasteiger charge is 2.14. The maximum Gasteiger partial charge on any atom is 0.124 e. The summed E-state index contributed by atoms with van der Waals surface area (Å²) in [5.41, 5.74) is 1.98. The molecule has 118 valence electrons. The lowest BCUT2D eigenvalue weighted by Crippen LogP contribution is -1.87. The first-order valence-corrected chi connectivity index (χ1v) is 8.44. The average molecular weight is 320 g/mol. The number of hydrogen-bond donors (Lipinski definition) is 1. The first kappa shape index (κ1) is 14.1. The van der Waals surface area contributed by atoms with Gasteiger partial charge in [-0.25, -0.2) is 0 Å². The van der Waals surface area contributed by atoms with Crippen LogP contribution in [0.25, 0.3) is 43.4 Å². The van der Waals surface area contributed by atoms with Gasteiger partial charge in [0, 0.05) is 5.56 Å². The largest absolute Gasteiger partial charge is 0.507 e. The van der Waals surface area contributed by atoms with Crippen LogP contribution in [0.3, 0.4) is 0 Å². The van der Waals surface area contributed by atoms with Crippen LogP contribution in [-0.4, -0.2) is 5.11 Å². The van der Waals surface area contributed by atoms with Crippen molar-refractivity contribution >= 4 is 32.3 Å². The predicted octanol–water partition coefficient (Wildman–Crippen LogP) is 6.52. The number of rotatable bonds is 1. The quantitative estimate of drug-likeness (QED) is 0.349. The van der Waals surface area contributed by atoms with Gasteiger partial charge in [0.15, 0.2) is 0 Å². The van der Waals surface area contributed by atoms with Gasteiger partial charge in [0.1, 0.15) is 5.75 Å². The molecule has 0 saturated carbocycles. The summed E-state index contributed by atoms with van der Waals surface area (Å²) in [6.45, 7) is 0. The Kier molecular flexibility index (Phi) is 3.01. The molecule has 5 aromatic carbocycles. The molecule has 5 rings (SSSR count). The molecule has 1 N–H and O–H groups in total. The van der Waals surface area contributed by atoms with Gasteiger partial charge in [-0.05, 0) is 50.0 Å². The second-order valence-electron chi connectivity index (χ2n) is 6.37. The van der Waals surface area contributed by atoms with Gasteiger partial charge in [-0.3, -0.25) is 0 Å². The van der Waals surface area contributed by atoms with Crippen molar-refractivity contribution in [3.8, 4) is 16.9 Å². The highest BCUT2D eigenvalue weighted by Crippen LogP contribution is 2.42. The standard InChI is InChI=1S/C24H16O/c25-23-14-13-16-7-1-4-10-19(16)24(23)22-15-17-8-2-3-9-18(17)20-11-5-6-12-21(20)22/h1-15,25H. The molecule has 0 bridgehead atoms. The monoisotopic (exact) mass is 320 g/mol. The molecule has 0 aromatic heterocycles. The van der Waals surface area contributed by atoms with Crippen molar-refractivity contribution in [1.82, 2.24) is 0 Å². The number of phenolic OH excluding ortho intramolecular Hbond substituents is 1. The molecule has 0 aliphatic carbocycles. The van der Waals surface area contributed by atoms with Gasteiger partial charge in [0.25, 0.3) is 0 Å². The molecular weight excluding hydrogens is 304 g/mol. The molecule has 0 fully saturated rings. The van der Waals surface area contributed by atoms with Gasteiger partial charge in [-0.2, -0.15) is 0 Å². The Hall–Kier alpha value is -3.32. The van der Waals surface area contributed by atoms with E-state index in [4.69, 9.17) is 0 Å². The van der Waals surface area contributed by atoms with Gasteiger partial charge in [0.2, 0.25) is 0 Å². The zero-order chi connectivity index (χ0) is 16.8. The smallest absolute Gasteiger partial charge is 0.124 e. The van der Waals surface area contributed by atoms with Crippen LogP contribution >= 0.6 is 0 Å². The molecular formula is C24H16O. The number of aromatic hydroxyl groups is 1. The Balaban J connectivity index is 2.01. The second kappa shape index (κ2) is 5.35. The molecule has 0 atom stereocenters. The molecule has 0 radical (unpaired) electrons. The van der Waals surface area contributed by atoms with E-state index in [2.05, 4.69) is 66.7 Å².